The van der Waals surface area contributed by atoms with E-state index in [-0.39, 0.29) is 0 Å². The molecule has 1 nitrogen and oxygen atoms in total. The topological polar surface area (TPSA) is 3.24 Å². The molecule has 0 N–H and O–H groups in total. The summed E-state index contributed by atoms with van der Waals surface area (Å²) in [6.45, 7) is 17.4. The van der Waals surface area contributed by atoms with Crippen molar-refractivity contribution in [2.24, 2.45) is 11.3 Å². The van der Waals surface area contributed by atoms with E-state index in [2.05, 4.69) is 32.6 Å². The monoisotopic (exact) mass is 227 g/mol. The minimum Gasteiger partial charge on any atom is -0.303 e. The van der Waals surface area contributed by atoms with Crippen LogP contribution in [-0.4, -0.2) is 24.5 Å². The maximum atomic E-state index is 2.64. The van der Waals surface area contributed by atoms with E-state index in [4.69, 9.17) is 0 Å². The molecule has 0 bridgehead atoms. The fourth-order valence-electron chi connectivity index (χ4n) is 2.12. The van der Waals surface area contributed by atoms with Crippen molar-refractivity contribution in [1.82, 2.24) is 4.90 Å². The molecule has 0 radical (unpaired) electrons. The summed E-state index contributed by atoms with van der Waals surface area (Å²) in [6, 6.07) is 0. The third kappa shape index (κ3) is 8.15. The molecule has 16 heavy (non-hydrogen) atoms. The molecular formula is C15H33N. The molecule has 1 aliphatic rings. The fourth-order valence-corrected chi connectivity index (χ4v) is 2.12. The van der Waals surface area contributed by atoms with Crippen LogP contribution in [0.25, 0.3) is 0 Å². The molecule has 1 aliphatic heterocycles. The Morgan fingerprint density at radius 3 is 2.00 bits per heavy atom. The quantitative estimate of drug-likeness (QED) is 0.682. The van der Waals surface area contributed by atoms with Gasteiger partial charge in [0, 0.05) is 0 Å². The van der Waals surface area contributed by atoms with E-state index in [0.29, 0.717) is 5.41 Å². The number of hydrogen-bond acceptors (Lipinski definition) is 1. The molecule has 0 aromatic heterocycles. The molecule has 1 saturated heterocycles. The molecule has 0 spiro atoms. The Morgan fingerprint density at radius 2 is 1.56 bits per heavy atom. The van der Waals surface area contributed by atoms with Crippen molar-refractivity contribution in [3.8, 4) is 0 Å². The Morgan fingerprint density at radius 1 is 1.06 bits per heavy atom. The number of nitrogens with zero attached hydrogens (tertiary/aromatic N) is 1. The van der Waals surface area contributed by atoms with Crippen molar-refractivity contribution < 1.29 is 0 Å². The Labute approximate surface area is 104 Å². The number of hydrogen-bond donors (Lipinski definition) is 0. The lowest BCUT2D eigenvalue weighted by Crippen LogP contribution is -2.33. The van der Waals surface area contributed by atoms with Crippen LogP contribution in [-0.2, 0) is 0 Å². The zero-order valence-electron chi connectivity index (χ0n) is 12.5. The lowest BCUT2D eigenvalue weighted by molar-refractivity contribution is 0.182. The first-order valence-corrected chi connectivity index (χ1v) is 7.20. The molecule has 0 aromatic carbocycles. The van der Waals surface area contributed by atoms with E-state index in [1.54, 1.807) is 0 Å². The van der Waals surface area contributed by atoms with Gasteiger partial charge in [-0.25, -0.2) is 0 Å². The maximum absolute atomic E-state index is 2.64. The van der Waals surface area contributed by atoms with Crippen molar-refractivity contribution in [3.63, 3.8) is 0 Å². The SMILES string of the molecule is CC.CC1CCN(CCCC(C)(C)C)CC1. The molecule has 0 amide bonds. The van der Waals surface area contributed by atoms with E-state index in [1.165, 1.54) is 45.3 Å². The van der Waals surface area contributed by atoms with Crippen LogP contribution in [0.15, 0.2) is 0 Å². The van der Waals surface area contributed by atoms with Crippen LogP contribution in [0.5, 0.6) is 0 Å². The largest absolute Gasteiger partial charge is 0.303 e. The second-order valence-electron chi connectivity index (χ2n) is 6.19. The van der Waals surface area contributed by atoms with Gasteiger partial charge in [0.1, 0.15) is 0 Å². The van der Waals surface area contributed by atoms with Crippen LogP contribution in [0.3, 0.4) is 0 Å². The van der Waals surface area contributed by atoms with Crippen molar-refractivity contribution >= 4 is 0 Å². The summed E-state index contributed by atoms with van der Waals surface area (Å²) >= 11 is 0. The molecule has 0 aliphatic carbocycles. The second kappa shape index (κ2) is 8.11. The average Bonchev–Trinajstić information content (AvgIpc) is 2.22. The highest BCUT2D eigenvalue weighted by Gasteiger charge is 2.16. The summed E-state index contributed by atoms with van der Waals surface area (Å²) in [5, 5.41) is 0. The predicted molar refractivity (Wildman–Crippen MR) is 74.9 cm³/mol. The van der Waals surface area contributed by atoms with Crippen LogP contribution < -0.4 is 0 Å². The molecule has 0 atom stereocenters. The minimum absolute atomic E-state index is 0.517. The highest BCUT2D eigenvalue weighted by molar-refractivity contribution is 4.70. The van der Waals surface area contributed by atoms with Crippen LogP contribution in [0.2, 0.25) is 0 Å². The lowest BCUT2D eigenvalue weighted by Gasteiger charge is -2.31. The first kappa shape index (κ1) is 16.0. The summed E-state index contributed by atoms with van der Waals surface area (Å²) in [7, 11) is 0. The molecule has 1 heteroatoms. The van der Waals surface area contributed by atoms with Gasteiger partial charge in [0.25, 0.3) is 0 Å². The van der Waals surface area contributed by atoms with E-state index in [0.717, 1.165) is 5.92 Å². The molecule has 0 aromatic rings. The van der Waals surface area contributed by atoms with E-state index in [1.807, 2.05) is 13.8 Å². The summed E-state index contributed by atoms with van der Waals surface area (Å²) in [4.78, 5) is 2.64. The summed E-state index contributed by atoms with van der Waals surface area (Å²) in [5.74, 6) is 0.967. The van der Waals surface area contributed by atoms with Gasteiger partial charge >= 0.3 is 0 Å². The lowest BCUT2D eigenvalue weighted by atomic mass is 9.90. The van der Waals surface area contributed by atoms with Crippen molar-refractivity contribution in [3.05, 3.63) is 0 Å². The standard InChI is InChI=1S/C13H27N.C2H6/c1-12-6-10-14(11-7-12)9-5-8-13(2,3)4;1-2/h12H,5-11H2,1-4H3;1-2H3. The normalized spacial score (nSPS) is 19.1. The number of rotatable bonds is 3. The number of likely N-dealkylation sites (tertiary alicyclic amines) is 1. The van der Waals surface area contributed by atoms with E-state index >= 15 is 0 Å². The van der Waals surface area contributed by atoms with Gasteiger partial charge in [-0.15, -0.1) is 0 Å². The third-order valence-electron chi connectivity index (χ3n) is 3.28. The Kier molecular flexibility index (Phi) is 8.09. The molecule has 1 rings (SSSR count). The molecule has 1 heterocycles. The summed E-state index contributed by atoms with van der Waals surface area (Å²) in [5.41, 5.74) is 0.517. The van der Waals surface area contributed by atoms with Gasteiger partial charge in [0.2, 0.25) is 0 Å². The predicted octanol–water partition coefficient (Wildman–Crippen LogP) is 4.57. The van der Waals surface area contributed by atoms with Crippen LogP contribution >= 0.6 is 0 Å². The summed E-state index contributed by atoms with van der Waals surface area (Å²) in [6.07, 6.45) is 5.56. The zero-order chi connectivity index (χ0) is 12.6. The molecule has 1 fully saturated rings. The van der Waals surface area contributed by atoms with Gasteiger partial charge in [0.15, 0.2) is 0 Å². The van der Waals surface area contributed by atoms with Gasteiger partial charge in [0.05, 0.1) is 0 Å². The van der Waals surface area contributed by atoms with Gasteiger partial charge in [-0.2, -0.15) is 0 Å². The number of piperidine rings is 1. The zero-order valence-corrected chi connectivity index (χ0v) is 12.5. The van der Waals surface area contributed by atoms with E-state index < -0.39 is 0 Å². The third-order valence-corrected chi connectivity index (χ3v) is 3.28. The summed E-state index contributed by atoms with van der Waals surface area (Å²) < 4.78 is 0. The van der Waals surface area contributed by atoms with Crippen LogP contribution in [0.1, 0.15) is 67.2 Å². The smallest absolute Gasteiger partial charge is 0.00162 e. The molecular weight excluding hydrogens is 194 g/mol. The minimum atomic E-state index is 0.517. The van der Waals surface area contributed by atoms with Gasteiger partial charge < -0.3 is 4.90 Å². The van der Waals surface area contributed by atoms with E-state index in [9.17, 15) is 0 Å². The van der Waals surface area contributed by atoms with Crippen molar-refractivity contribution in [2.45, 2.75) is 67.2 Å². The fraction of sp³-hybridized carbons (Fsp3) is 1.00. The van der Waals surface area contributed by atoms with Crippen LogP contribution in [0.4, 0.5) is 0 Å². The van der Waals surface area contributed by atoms with Gasteiger partial charge in [-0.05, 0) is 56.7 Å². The molecule has 0 saturated carbocycles. The average molecular weight is 227 g/mol. The first-order valence-electron chi connectivity index (χ1n) is 7.20. The molecule has 0 unspecified atom stereocenters. The Balaban J connectivity index is 0.00000106. The first-order chi connectivity index (χ1) is 7.47. The van der Waals surface area contributed by atoms with Gasteiger partial charge in [-0.3, -0.25) is 0 Å². The maximum Gasteiger partial charge on any atom is -0.00162 e. The highest BCUT2D eigenvalue weighted by Crippen LogP contribution is 2.22. The Hall–Kier alpha value is -0.0400. The van der Waals surface area contributed by atoms with Crippen molar-refractivity contribution in [1.29, 1.82) is 0 Å². The van der Waals surface area contributed by atoms with Gasteiger partial charge in [-0.1, -0.05) is 41.5 Å². The van der Waals surface area contributed by atoms with Crippen LogP contribution in [0, 0.1) is 11.3 Å². The second-order valence-corrected chi connectivity index (χ2v) is 6.19. The Bertz CT molecular complexity index is 149. The highest BCUT2D eigenvalue weighted by atomic mass is 15.1. The van der Waals surface area contributed by atoms with Crippen molar-refractivity contribution in [2.75, 3.05) is 19.6 Å². The molecule has 98 valence electrons.